The van der Waals surface area contributed by atoms with Crippen molar-refractivity contribution >= 4 is 15.8 Å². The van der Waals surface area contributed by atoms with Crippen LogP contribution in [0.15, 0.2) is 66.3 Å². The monoisotopic (exact) mass is 363 g/mol. The van der Waals surface area contributed by atoms with Crippen LogP contribution in [0.2, 0.25) is 0 Å². The zero-order chi connectivity index (χ0) is 18.9. The van der Waals surface area contributed by atoms with Crippen LogP contribution >= 0.6 is 0 Å². The number of Topliss-reactive ketones (excluding diaryl/α,β-unsaturated/α-hetero) is 1. The summed E-state index contributed by atoms with van der Waals surface area (Å²) in [5.41, 5.74) is 0. The standard InChI is InChI=1S/C17H19NO4S.C2H6/c1-3-7-15(4-2)22-16-8-5-6-9-17(16)23(20,21)18-12-10-14(19)11-13-18;1-2/h3-9H,1-2,10-13H2;1-2H3/b15-7+;. The van der Waals surface area contributed by atoms with E-state index in [0.29, 0.717) is 5.76 Å². The van der Waals surface area contributed by atoms with Crippen molar-refractivity contribution in [1.29, 1.82) is 0 Å². The summed E-state index contributed by atoms with van der Waals surface area (Å²) >= 11 is 0. The quantitative estimate of drug-likeness (QED) is 0.571. The predicted octanol–water partition coefficient (Wildman–Crippen LogP) is 3.70. The van der Waals surface area contributed by atoms with Gasteiger partial charge in [-0.05, 0) is 24.3 Å². The molecule has 6 heteroatoms. The number of hydrogen-bond donors (Lipinski definition) is 0. The minimum Gasteiger partial charge on any atom is -0.456 e. The van der Waals surface area contributed by atoms with Crippen LogP contribution in [0.3, 0.4) is 0 Å². The molecular weight excluding hydrogens is 338 g/mol. The third-order valence-corrected chi connectivity index (χ3v) is 5.40. The summed E-state index contributed by atoms with van der Waals surface area (Å²) in [5.74, 6) is 0.706. The third kappa shape index (κ3) is 5.41. The molecule has 0 amide bonds. The van der Waals surface area contributed by atoms with Gasteiger partial charge in [0.1, 0.15) is 22.2 Å². The van der Waals surface area contributed by atoms with Gasteiger partial charge in [-0.15, -0.1) is 0 Å². The van der Waals surface area contributed by atoms with Crippen molar-refractivity contribution in [2.45, 2.75) is 31.6 Å². The largest absolute Gasteiger partial charge is 0.456 e. The summed E-state index contributed by atoms with van der Waals surface area (Å²) < 4.78 is 32.6. The highest BCUT2D eigenvalue weighted by Crippen LogP contribution is 2.29. The second-order valence-corrected chi connectivity index (χ2v) is 6.91. The van der Waals surface area contributed by atoms with E-state index in [-0.39, 0.29) is 42.4 Å². The van der Waals surface area contributed by atoms with Crippen LogP contribution in [0, 0.1) is 0 Å². The van der Waals surface area contributed by atoms with Gasteiger partial charge in [0.05, 0.1) is 0 Å². The van der Waals surface area contributed by atoms with E-state index < -0.39 is 10.0 Å². The second-order valence-electron chi connectivity index (χ2n) is 5.00. The van der Waals surface area contributed by atoms with E-state index in [1.54, 1.807) is 24.3 Å². The van der Waals surface area contributed by atoms with Crippen molar-refractivity contribution in [2.24, 2.45) is 0 Å². The van der Waals surface area contributed by atoms with Crippen LogP contribution in [0.25, 0.3) is 0 Å². The number of benzene rings is 1. The molecule has 0 aromatic heterocycles. The molecule has 0 bridgehead atoms. The maximum Gasteiger partial charge on any atom is 0.246 e. The number of hydrogen-bond acceptors (Lipinski definition) is 4. The third-order valence-electron chi connectivity index (χ3n) is 3.46. The van der Waals surface area contributed by atoms with Gasteiger partial charge in [0.25, 0.3) is 0 Å². The SMILES string of the molecule is C=C/C=C(\C=C)Oc1ccccc1S(=O)(=O)N1CCC(=O)CC1.CC. The van der Waals surface area contributed by atoms with Gasteiger partial charge in [0.2, 0.25) is 10.0 Å². The molecule has 1 saturated heterocycles. The zero-order valence-electron chi connectivity index (χ0n) is 14.8. The van der Waals surface area contributed by atoms with Crippen molar-refractivity contribution in [1.82, 2.24) is 4.31 Å². The smallest absolute Gasteiger partial charge is 0.246 e. The fourth-order valence-corrected chi connectivity index (χ4v) is 3.81. The van der Waals surface area contributed by atoms with Crippen molar-refractivity contribution < 1.29 is 17.9 Å². The Kier molecular flexibility index (Phi) is 8.31. The van der Waals surface area contributed by atoms with Crippen LogP contribution in [0.5, 0.6) is 5.75 Å². The predicted molar refractivity (Wildman–Crippen MR) is 99.9 cm³/mol. The van der Waals surface area contributed by atoms with Crippen LogP contribution in [-0.4, -0.2) is 31.6 Å². The highest BCUT2D eigenvalue weighted by molar-refractivity contribution is 7.89. The van der Waals surface area contributed by atoms with Crippen LogP contribution in [0.1, 0.15) is 26.7 Å². The Bertz CT molecular complexity index is 740. The highest BCUT2D eigenvalue weighted by Gasteiger charge is 2.30. The fraction of sp³-hybridized carbons (Fsp3) is 0.316. The molecule has 1 aromatic rings. The molecule has 1 heterocycles. The Balaban J connectivity index is 0.00000151. The normalized spacial score (nSPS) is 15.8. The van der Waals surface area contributed by atoms with Gasteiger partial charge in [-0.3, -0.25) is 4.79 Å². The Morgan fingerprint density at radius 2 is 1.76 bits per heavy atom. The lowest BCUT2D eigenvalue weighted by atomic mass is 10.1. The van der Waals surface area contributed by atoms with Crippen molar-refractivity contribution in [3.8, 4) is 5.75 Å². The Morgan fingerprint density at radius 1 is 1.16 bits per heavy atom. The molecule has 1 aromatic carbocycles. The molecule has 0 aliphatic carbocycles. The van der Waals surface area contributed by atoms with E-state index >= 15 is 0 Å². The average Bonchev–Trinajstić information content (AvgIpc) is 2.63. The van der Waals surface area contributed by atoms with Crippen molar-refractivity contribution in [3.05, 3.63) is 61.4 Å². The molecule has 0 radical (unpaired) electrons. The first-order valence-corrected chi connectivity index (χ1v) is 9.67. The van der Waals surface area contributed by atoms with Gasteiger partial charge >= 0.3 is 0 Å². The van der Waals surface area contributed by atoms with Crippen LogP contribution in [-0.2, 0) is 14.8 Å². The van der Waals surface area contributed by atoms with Gasteiger partial charge in [0.15, 0.2) is 0 Å². The molecule has 25 heavy (non-hydrogen) atoms. The number of para-hydroxylation sites is 1. The summed E-state index contributed by atoms with van der Waals surface area (Å²) in [4.78, 5) is 11.4. The average molecular weight is 363 g/mol. The molecule has 1 aliphatic heterocycles. The summed E-state index contributed by atoms with van der Waals surface area (Å²) in [6.45, 7) is 11.6. The molecule has 5 nitrogen and oxygen atoms in total. The van der Waals surface area contributed by atoms with Crippen molar-refractivity contribution in [2.75, 3.05) is 13.1 Å². The summed E-state index contributed by atoms with van der Waals surface area (Å²) in [5, 5.41) is 0. The molecule has 136 valence electrons. The van der Waals surface area contributed by atoms with E-state index in [0.717, 1.165) is 0 Å². The molecular formula is C19H25NO4S. The van der Waals surface area contributed by atoms with E-state index in [2.05, 4.69) is 13.2 Å². The first-order chi connectivity index (χ1) is 12.0. The maximum atomic E-state index is 12.8. The van der Waals surface area contributed by atoms with Gasteiger partial charge in [-0.25, -0.2) is 8.42 Å². The van der Waals surface area contributed by atoms with E-state index in [1.807, 2.05) is 13.8 Å². The van der Waals surface area contributed by atoms with Gasteiger partial charge in [-0.1, -0.05) is 45.2 Å². The number of ketones is 1. The number of rotatable bonds is 6. The lowest BCUT2D eigenvalue weighted by molar-refractivity contribution is -0.120. The molecule has 1 fully saturated rings. The van der Waals surface area contributed by atoms with Crippen LogP contribution in [0.4, 0.5) is 0 Å². The number of nitrogens with zero attached hydrogens (tertiary/aromatic N) is 1. The zero-order valence-corrected chi connectivity index (χ0v) is 15.6. The first-order valence-electron chi connectivity index (χ1n) is 8.23. The van der Waals surface area contributed by atoms with Crippen LogP contribution < -0.4 is 4.74 Å². The summed E-state index contributed by atoms with van der Waals surface area (Å²) in [7, 11) is -3.72. The highest BCUT2D eigenvalue weighted by atomic mass is 32.2. The molecule has 0 atom stereocenters. The second kappa shape index (κ2) is 9.96. The summed E-state index contributed by atoms with van der Waals surface area (Å²) in [6.07, 6.45) is 5.10. The first kappa shape index (κ1) is 20.9. The lowest BCUT2D eigenvalue weighted by Gasteiger charge is -2.26. The molecule has 2 rings (SSSR count). The Hall–Kier alpha value is -2.18. The number of allylic oxidation sites excluding steroid dienone is 3. The number of carbonyl (C=O) groups excluding carboxylic acids is 1. The number of ether oxygens (including phenoxy) is 1. The molecule has 0 saturated carbocycles. The number of sulfonamides is 1. The lowest BCUT2D eigenvalue weighted by Crippen LogP contribution is -2.38. The minimum atomic E-state index is -3.72. The van der Waals surface area contributed by atoms with Gasteiger partial charge < -0.3 is 4.74 Å². The van der Waals surface area contributed by atoms with Crippen molar-refractivity contribution in [3.63, 3.8) is 0 Å². The molecule has 0 unspecified atom stereocenters. The maximum absolute atomic E-state index is 12.8. The van der Waals surface area contributed by atoms with Gasteiger partial charge in [-0.2, -0.15) is 4.31 Å². The fourth-order valence-electron chi connectivity index (χ4n) is 2.25. The van der Waals surface area contributed by atoms with E-state index in [1.165, 1.54) is 22.5 Å². The molecule has 0 N–H and O–H groups in total. The summed E-state index contributed by atoms with van der Waals surface area (Å²) in [6, 6.07) is 6.42. The van der Waals surface area contributed by atoms with E-state index in [9.17, 15) is 13.2 Å². The number of carbonyl (C=O) groups is 1. The topological polar surface area (TPSA) is 63.7 Å². The Labute approximate surface area is 150 Å². The number of piperidine rings is 1. The Morgan fingerprint density at radius 3 is 2.32 bits per heavy atom. The minimum absolute atomic E-state index is 0.0751. The molecule has 1 aliphatic rings. The molecule has 0 spiro atoms. The van der Waals surface area contributed by atoms with Gasteiger partial charge in [0, 0.05) is 25.9 Å². The van der Waals surface area contributed by atoms with E-state index in [4.69, 9.17) is 4.74 Å².